The van der Waals surface area contributed by atoms with Gasteiger partial charge in [0.1, 0.15) is 0 Å². The van der Waals surface area contributed by atoms with Crippen LogP contribution in [0.4, 0.5) is 0 Å². The van der Waals surface area contributed by atoms with Gasteiger partial charge in [-0.05, 0) is 55.1 Å². The van der Waals surface area contributed by atoms with Gasteiger partial charge in [-0.3, -0.25) is 4.79 Å². The Morgan fingerprint density at radius 2 is 2.05 bits per heavy atom. The molecule has 2 nitrogen and oxygen atoms in total. The quantitative estimate of drug-likeness (QED) is 0.867. The second kappa shape index (κ2) is 5.23. The van der Waals surface area contributed by atoms with Gasteiger partial charge < -0.3 is 5.32 Å². The number of nitrogens with one attached hydrogen (secondary N) is 1. The molecule has 0 aromatic heterocycles. The molecule has 0 radical (unpaired) electrons. The Hall–Kier alpha value is -1.31. The molecule has 20 heavy (non-hydrogen) atoms. The van der Waals surface area contributed by atoms with Crippen molar-refractivity contribution in [2.75, 3.05) is 0 Å². The fourth-order valence-corrected chi connectivity index (χ4v) is 3.77. The van der Waals surface area contributed by atoms with Crippen LogP contribution in [0, 0.1) is 5.92 Å². The van der Waals surface area contributed by atoms with E-state index in [0.29, 0.717) is 12.3 Å². The lowest BCUT2D eigenvalue weighted by Crippen LogP contribution is -2.44. The Morgan fingerprint density at radius 3 is 2.65 bits per heavy atom. The first-order valence-corrected chi connectivity index (χ1v) is 7.97. The Balaban J connectivity index is 1.84. The van der Waals surface area contributed by atoms with Crippen molar-refractivity contribution in [3.8, 4) is 0 Å². The third kappa shape index (κ3) is 2.89. The molecule has 1 atom stereocenters. The van der Waals surface area contributed by atoms with E-state index in [2.05, 4.69) is 43.4 Å². The van der Waals surface area contributed by atoms with Gasteiger partial charge in [0, 0.05) is 12.0 Å². The van der Waals surface area contributed by atoms with Crippen LogP contribution in [0.15, 0.2) is 24.3 Å². The maximum absolute atomic E-state index is 11.8. The minimum absolute atomic E-state index is 0.00373. The Morgan fingerprint density at radius 1 is 1.30 bits per heavy atom. The van der Waals surface area contributed by atoms with Gasteiger partial charge in [0.2, 0.25) is 5.91 Å². The number of hydrogen-bond acceptors (Lipinski definition) is 1. The highest BCUT2D eigenvalue weighted by Crippen LogP contribution is 2.43. The molecule has 0 bridgehead atoms. The van der Waals surface area contributed by atoms with Gasteiger partial charge in [-0.15, -0.1) is 0 Å². The van der Waals surface area contributed by atoms with E-state index < -0.39 is 0 Å². The molecule has 1 aromatic carbocycles. The largest absolute Gasteiger partial charge is 0.350 e. The summed E-state index contributed by atoms with van der Waals surface area (Å²) in [6, 6.07) is 8.84. The number of benzene rings is 1. The predicted octanol–water partition coefficient (Wildman–Crippen LogP) is 3.80. The summed E-state index contributed by atoms with van der Waals surface area (Å²) >= 11 is 0. The van der Waals surface area contributed by atoms with Crippen molar-refractivity contribution in [2.45, 2.75) is 63.8 Å². The van der Waals surface area contributed by atoms with Gasteiger partial charge in [-0.25, -0.2) is 0 Å². The zero-order valence-corrected chi connectivity index (χ0v) is 12.6. The average molecular weight is 271 g/mol. The van der Waals surface area contributed by atoms with Gasteiger partial charge in [-0.2, -0.15) is 0 Å². The van der Waals surface area contributed by atoms with Crippen LogP contribution in [-0.4, -0.2) is 11.4 Å². The van der Waals surface area contributed by atoms with E-state index >= 15 is 0 Å². The molecule has 1 aromatic rings. The van der Waals surface area contributed by atoms with Crippen molar-refractivity contribution in [1.29, 1.82) is 0 Å². The van der Waals surface area contributed by atoms with Crippen molar-refractivity contribution in [3.63, 3.8) is 0 Å². The molecule has 3 rings (SSSR count). The van der Waals surface area contributed by atoms with Crippen LogP contribution < -0.4 is 5.32 Å². The summed E-state index contributed by atoms with van der Waals surface area (Å²) < 4.78 is 0. The van der Waals surface area contributed by atoms with E-state index in [1.807, 2.05) is 0 Å². The summed E-state index contributed by atoms with van der Waals surface area (Å²) in [4.78, 5) is 11.8. The molecule has 2 fully saturated rings. The first-order chi connectivity index (χ1) is 9.58. The Kier molecular flexibility index (Phi) is 3.57. The van der Waals surface area contributed by atoms with Crippen LogP contribution in [0.2, 0.25) is 0 Å². The monoisotopic (exact) mass is 271 g/mol. The third-order valence-corrected chi connectivity index (χ3v) is 4.64. The van der Waals surface area contributed by atoms with Crippen molar-refractivity contribution in [2.24, 2.45) is 5.92 Å². The zero-order valence-electron chi connectivity index (χ0n) is 12.6. The van der Waals surface area contributed by atoms with E-state index in [9.17, 15) is 4.79 Å². The molecular formula is C18H25NO. The molecule has 1 saturated carbocycles. The SMILES string of the molecule is CC(C)CC1(Cc2ccccc2C2CC2)CCC(=O)N1. The number of carbonyl (C=O) groups is 1. The molecular weight excluding hydrogens is 246 g/mol. The first-order valence-electron chi connectivity index (χ1n) is 7.97. The lowest BCUT2D eigenvalue weighted by atomic mass is 9.80. The maximum Gasteiger partial charge on any atom is 0.220 e. The maximum atomic E-state index is 11.8. The van der Waals surface area contributed by atoms with Gasteiger partial charge >= 0.3 is 0 Å². The van der Waals surface area contributed by atoms with Crippen LogP contribution in [0.1, 0.15) is 63.0 Å². The molecule has 2 heteroatoms. The van der Waals surface area contributed by atoms with Crippen molar-refractivity contribution < 1.29 is 4.79 Å². The number of hydrogen-bond donors (Lipinski definition) is 1. The van der Waals surface area contributed by atoms with E-state index in [0.717, 1.165) is 25.2 Å². The van der Waals surface area contributed by atoms with E-state index in [1.165, 1.54) is 24.0 Å². The summed E-state index contributed by atoms with van der Waals surface area (Å²) in [7, 11) is 0. The molecule has 1 heterocycles. The summed E-state index contributed by atoms with van der Waals surface area (Å²) in [5.41, 5.74) is 2.98. The number of amides is 1. The second-order valence-corrected chi connectivity index (χ2v) is 7.08. The minimum atomic E-state index is -0.00373. The normalized spacial score (nSPS) is 26.1. The van der Waals surface area contributed by atoms with E-state index in [4.69, 9.17) is 0 Å². The number of rotatable bonds is 5. The summed E-state index contributed by atoms with van der Waals surface area (Å²) in [5.74, 6) is 1.62. The van der Waals surface area contributed by atoms with E-state index in [1.54, 1.807) is 0 Å². The van der Waals surface area contributed by atoms with Crippen LogP contribution in [0.3, 0.4) is 0 Å². The highest BCUT2D eigenvalue weighted by atomic mass is 16.2. The van der Waals surface area contributed by atoms with Crippen molar-refractivity contribution in [3.05, 3.63) is 35.4 Å². The minimum Gasteiger partial charge on any atom is -0.350 e. The molecule has 108 valence electrons. The van der Waals surface area contributed by atoms with Crippen LogP contribution in [0.5, 0.6) is 0 Å². The van der Waals surface area contributed by atoms with Crippen molar-refractivity contribution in [1.82, 2.24) is 5.32 Å². The average Bonchev–Trinajstić information content (AvgIpc) is 3.15. The molecule has 0 spiro atoms. The molecule has 1 N–H and O–H groups in total. The Bertz CT molecular complexity index is 504. The third-order valence-electron chi connectivity index (χ3n) is 4.64. The fourth-order valence-electron chi connectivity index (χ4n) is 3.77. The molecule has 1 amide bonds. The van der Waals surface area contributed by atoms with E-state index in [-0.39, 0.29) is 11.4 Å². The van der Waals surface area contributed by atoms with Crippen LogP contribution in [-0.2, 0) is 11.2 Å². The standard InChI is InChI=1S/C18H25NO/c1-13(2)11-18(10-9-17(20)19-18)12-15-5-3-4-6-16(15)14-7-8-14/h3-6,13-14H,7-12H2,1-2H3,(H,19,20). The molecule has 2 aliphatic rings. The molecule has 1 aliphatic heterocycles. The van der Waals surface area contributed by atoms with Crippen LogP contribution >= 0.6 is 0 Å². The lowest BCUT2D eigenvalue weighted by Gasteiger charge is -2.32. The first kappa shape index (κ1) is 13.7. The molecule has 1 saturated heterocycles. The zero-order chi connectivity index (χ0) is 14.2. The predicted molar refractivity (Wildman–Crippen MR) is 81.7 cm³/mol. The fraction of sp³-hybridized carbons (Fsp3) is 0.611. The second-order valence-electron chi connectivity index (χ2n) is 7.08. The molecule has 1 aliphatic carbocycles. The van der Waals surface area contributed by atoms with Gasteiger partial charge in [0.25, 0.3) is 0 Å². The highest BCUT2D eigenvalue weighted by Gasteiger charge is 2.39. The summed E-state index contributed by atoms with van der Waals surface area (Å²) in [5, 5.41) is 3.29. The van der Waals surface area contributed by atoms with Crippen LogP contribution in [0.25, 0.3) is 0 Å². The topological polar surface area (TPSA) is 29.1 Å². The lowest BCUT2D eigenvalue weighted by molar-refractivity contribution is -0.119. The Labute approximate surface area is 122 Å². The summed E-state index contributed by atoms with van der Waals surface area (Å²) in [6.45, 7) is 4.50. The summed E-state index contributed by atoms with van der Waals surface area (Å²) in [6.07, 6.45) is 6.43. The smallest absolute Gasteiger partial charge is 0.220 e. The van der Waals surface area contributed by atoms with Gasteiger partial charge in [0.05, 0.1) is 0 Å². The van der Waals surface area contributed by atoms with Crippen molar-refractivity contribution >= 4 is 5.91 Å². The van der Waals surface area contributed by atoms with Gasteiger partial charge in [0.15, 0.2) is 0 Å². The molecule has 1 unspecified atom stereocenters. The number of carbonyl (C=O) groups excluding carboxylic acids is 1. The van der Waals surface area contributed by atoms with Gasteiger partial charge in [-0.1, -0.05) is 38.1 Å². The highest BCUT2D eigenvalue weighted by molar-refractivity contribution is 5.79.